The van der Waals surface area contributed by atoms with Gasteiger partial charge in [0.05, 0.1) is 11.4 Å². The van der Waals surface area contributed by atoms with Crippen molar-refractivity contribution in [3.63, 3.8) is 0 Å². The zero-order valence-electron chi connectivity index (χ0n) is 15.0. The Morgan fingerprint density at radius 1 is 0.923 bits per heavy atom. The normalized spacial score (nSPS) is 13.0. The predicted molar refractivity (Wildman–Crippen MR) is 100 cm³/mol. The molecule has 2 N–H and O–H groups in total. The summed E-state index contributed by atoms with van der Waals surface area (Å²) in [4.78, 5) is 23.3. The van der Waals surface area contributed by atoms with Crippen LogP contribution >= 0.6 is 0 Å². The topological polar surface area (TPSA) is 87.1 Å². The average Bonchev–Trinajstić information content (AvgIpc) is 2.56. The summed E-state index contributed by atoms with van der Waals surface area (Å²) in [6.07, 6.45) is 0. The molecule has 0 bridgehead atoms. The van der Waals surface area contributed by atoms with Crippen LogP contribution in [0.2, 0.25) is 11.6 Å². The van der Waals surface area contributed by atoms with E-state index in [1.165, 1.54) is 12.1 Å². The van der Waals surface area contributed by atoms with E-state index < -0.39 is 20.9 Å². The highest BCUT2D eigenvalue weighted by atomic mass is 28.3. The minimum Gasteiger partial charge on any atom is -0.478 e. The number of rotatable bonds is 3. The fourth-order valence-electron chi connectivity index (χ4n) is 2.88. The lowest BCUT2D eigenvalue weighted by Gasteiger charge is -2.42. The zero-order chi connectivity index (χ0) is 19.2. The number of benzene rings is 2. The molecule has 1 aliphatic rings. The Hall–Kier alpha value is -2.80. The van der Waals surface area contributed by atoms with Gasteiger partial charge < -0.3 is 19.5 Å². The van der Waals surface area contributed by atoms with Crippen molar-refractivity contribution in [2.24, 2.45) is 0 Å². The lowest BCUT2D eigenvalue weighted by atomic mass is 10.1. The molecule has 1 radical (unpaired) electrons. The van der Waals surface area contributed by atoms with Crippen molar-refractivity contribution >= 4 is 32.3 Å². The average molecular weight is 370 g/mol. The molecule has 135 valence electrons. The molecule has 0 spiro atoms. The quantitative estimate of drug-likeness (QED) is 0.758. The van der Waals surface area contributed by atoms with Gasteiger partial charge in [-0.05, 0) is 29.3 Å². The van der Waals surface area contributed by atoms with E-state index in [9.17, 15) is 19.8 Å². The van der Waals surface area contributed by atoms with E-state index in [1.807, 2.05) is 12.1 Å². The monoisotopic (exact) mass is 370 g/mol. The third-order valence-corrected chi connectivity index (χ3v) is 7.88. The third-order valence-electron chi connectivity index (χ3n) is 4.56. The van der Waals surface area contributed by atoms with Gasteiger partial charge in [0.2, 0.25) is 0 Å². The Labute approximate surface area is 153 Å². The number of carbonyl (C=O) groups is 2. The van der Waals surface area contributed by atoms with Crippen LogP contribution in [0.3, 0.4) is 0 Å². The van der Waals surface area contributed by atoms with Gasteiger partial charge in [-0.2, -0.15) is 0 Å². The highest BCUT2D eigenvalue weighted by molar-refractivity contribution is 6.67. The van der Waals surface area contributed by atoms with Crippen molar-refractivity contribution in [2.75, 3.05) is 4.57 Å². The largest absolute Gasteiger partial charge is 0.478 e. The smallest absolute Gasteiger partial charge is 0.339 e. The van der Waals surface area contributed by atoms with E-state index in [0.717, 1.165) is 0 Å². The first kappa shape index (κ1) is 18.0. The molecule has 0 fully saturated rings. The summed E-state index contributed by atoms with van der Waals surface area (Å²) in [7, 11) is -1.25. The van der Waals surface area contributed by atoms with Gasteiger partial charge in [-0.15, -0.1) is 0 Å². The summed E-state index contributed by atoms with van der Waals surface area (Å²) in [6, 6.07) is 9.93. The van der Waals surface area contributed by atoms with Crippen LogP contribution in [0, 0.1) is 0 Å². The second kappa shape index (κ2) is 6.17. The number of para-hydroxylation sites is 2. The van der Waals surface area contributed by atoms with E-state index in [2.05, 4.69) is 31.9 Å². The van der Waals surface area contributed by atoms with Gasteiger partial charge in [-0.25, -0.2) is 9.59 Å². The molecule has 2 aromatic carbocycles. The summed E-state index contributed by atoms with van der Waals surface area (Å²) in [5.41, 5.74) is 1.35. The van der Waals surface area contributed by atoms with Crippen LogP contribution in [-0.4, -0.2) is 31.1 Å². The van der Waals surface area contributed by atoms with Gasteiger partial charge in [0.25, 0.3) is 0 Å². The van der Waals surface area contributed by atoms with Crippen LogP contribution in [0.25, 0.3) is 0 Å². The Bertz CT molecular complexity index is 840. The Morgan fingerprint density at radius 3 is 1.69 bits per heavy atom. The summed E-state index contributed by atoms with van der Waals surface area (Å²) < 4.78 is 7.94. The number of hydrogen-bond donors (Lipinski definition) is 2. The number of hydrogen-bond acceptors (Lipinski definition) is 4. The molecule has 7 heteroatoms. The van der Waals surface area contributed by atoms with Gasteiger partial charge in [-0.1, -0.05) is 39.5 Å². The van der Waals surface area contributed by atoms with E-state index >= 15 is 0 Å². The molecule has 0 unspecified atom stereocenters. The fraction of sp³-hybridized carbons (Fsp3) is 0.263. The lowest BCUT2D eigenvalue weighted by molar-refractivity contribution is 0.0687. The molecule has 0 saturated carbocycles. The van der Waals surface area contributed by atoms with E-state index in [4.69, 9.17) is 4.74 Å². The van der Waals surface area contributed by atoms with Crippen molar-refractivity contribution in [1.82, 2.24) is 0 Å². The molecule has 2 aromatic rings. The second-order valence-corrected chi connectivity index (χ2v) is 10.3. The van der Waals surface area contributed by atoms with Crippen LogP contribution < -0.4 is 9.30 Å². The second-order valence-electron chi connectivity index (χ2n) is 7.19. The molecule has 3 rings (SSSR count). The van der Waals surface area contributed by atoms with E-state index in [0.29, 0.717) is 11.4 Å². The molecule has 0 amide bonds. The molecule has 0 aromatic heterocycles. The molecule has 1 aliphatic heterocycles. The van der Waals surface area contributed by atoms with E-state index in [1.54, 1.807) is 12.1 Å². The minimum atomic E-state index is -1.25. The van der Waals surface area contributed by atoms with E-state index in [-0.39, 0.29) is 27.7 Å². The summed E-state index contributed by atoms with van der Waals surface area (Å²) in [6.45, 7) is 8.50. The predicted octanol–water partition coefficient (Wildman–Crippen LogP) is 4.75. The maximum atomic E-state index is 11.7. The van der Waals surface area contributed by atoms with Crippen LogP contribution in [0.1, 0.15) is 41.5 Å². The Kier molecular flexibility index (Phi) is 4.27. The number of nitrogens with zero attached hydrogens (tertiary/aromatic N) is 1. The highest BCUT2D eigenvalue weighted by Crippen LogP contribution is 2.52. The highest BCUT2D eigenvalue weighted by Gasteiger charge is 2.38. The number of carboxylic acids is 2. The summed E-state index contributed by atoms with van der Waals surface area (Å²) in [5.74, 6) is -1.85. The van der Waals surface area contributed by atoms with Crippen LogP contribution in [-0.2, 0) is 0 Å². The lowest BCUT2D eigenvalue weighted by Crippen LogP contribution is -2.41. The van der Waals surface area contributed by atoms with Crippen molar-refractivity contribution in [2.45, 2.75) is 32.4 Å². The fourth-order valence-corrected chi connectivity index (χ4v) is 4.63. The van der Waals surface area contributed by atoms with Gasteiger partial charge in [0, 0.05) is 0 Å². The first-order chi connectivity index (χ1) is 12.1. The van der Waals surface area contributed by atoms with Crippen molar-refractivity contribution in [3.8, 4) is 11.5 Å². The molecule has 0 saturated heterocycles. The first-order valence-electron chi connectivity index (χ1n) is 8.17. The number of carboxylic acid groups (broad SMARTS) is 2. The third kappa shape index (κ3) is 2.84. The first-order valence-corrected chi connectivity index (χ1v) is 10.1. The van der Waals surface area contributed by atoms with Crippen LogP contribution in [0.5, 0.6) is 11.5 Å². The minimum absolute atomic E-state index is 0.0158. The van der Waals surface area contributed by atoms with Crippen LogP contribution in [0.15, 0.2) is 36.4 Å². The molecule has 1 heterocycles. The summed E-state index contributed by atoms with van der Waals surface area (Å²) >= 11 is 0. The zero-order valence-corrected chi connectivity index (χ0v) is 16.0. The standard InChI is InChI=1S/C19H20NO5Si/c1-19(2,3)26(4)20-13-9-5-7-11(17(21)22)15(13)25-16-12(18(23)24)8-6-10-14(16)20/h5-10H,1-4H3,(H,21,22)(H,23,24). The SMILES string of the molecule is C[Si](N1c2cccc(C(=O)O)c2Oc2c(C(=O)O)cccc21)C(C)(C)C. The maximum Gasteiger partial charge on any atom is 0.339 e. The Morgan fingerprint density at radius 2 is 1.35 bits per heavy atom. The number of fused-ring (bicyclic) bond motifs is 2. The van der Waals surface area contributed by atoms with Gasteiger partial charge >= 0.3 is 11.9 Å². The molecule has 0 aliphatic carbocycles. The number of aromatic carboxylic acids is 2. The molecular formula is C19H20NO5Si. The molecule has 26 heavy (non-hydrogen) atoms. The molecule has 6 nitrogen and oxygen atoms in total. The molecule has 0 atom stereocenters. The van der Waals surface area contributed by atoms with Gasteiger partial charge in [0.15, 0.2) is 20.5 Å². The van der Waals surface area contributed by atoms with Crippen molar-refractivity contribution in [1.29, 1.82) is 0 Å². The van der Waals surface area contributed by atoms with Crippen LogP contribution in [0.4, 0.5) is 11.4 Å². The van der Waals surface area contributed by atoms with Crippen molar-refractivity contribution in [3.05, 3.63) is 47.5 Å². The molecular weight excluding hydrogens is 350 g/mol. The van der Waals surface area contributed by atoms with Gasteiger partial charge in [-0.3, -0.25) is 0 Å². The van der Waals surface area contributed by atoms with Gasteiger partial charge in [0.1, 0.15) is 11.1 Å². The summed E-state index contributed by atoms with van der Waals surface area (Å²) in [5, 5.41) is 19.0. The number of ether oxygens (including phenoxy) is 1. The Balaban J connectivity index is 2.33. The number of anilines is 2. The maximum absolute atomic E-state index is 11.7. The van der Waals surface area contributed by atoms with Crippen molar-refractivity contribution < 1.29 is 24.5 Å².